The molecule has 0 heterocycles. The number of hydrazone groups is 1. The minimum absolute atomic E-state index is 0.163. The summed E-state index contributed by atoms with van der Waals surface area (Å²) in [6.45, 7) is 5.65. The summed E-state index contributed by atoms with van der Waals surface area (Å²) in [7, 11) is 0. The molecule has 3 rings (SSSR count). The van der Waals surface area contributed by atoms with E-state index < -0.39 is 11.8 Å². The molecule has 0 saturated heterocycles. The highest BCUT2D eigenvalue weighted by molar-refractivity contribution is 6.39. The summed E-state index contributed by atoms with van der Waals surface area (Å²) in [5.74, 6) is -1.54. The predicted octanol–water partition coefficient (Wildman–Crippen LogP) is 3.72. The summed E-state index contributed by atoms with van der Waals surface area (Å²) < 4.78 is 5.56. The highest BCUT2D eigenvalue weighted by atomic mass is 16.5. The number of anilines is 2. The smallest absolute Gasteiger partial charge is 0.329 e. The summed E-state index contributed by atoms with van der Waals surface area (Å²) in [6, 6.07) is 19.7. The second-order valence-corrected chi connectivity index (χ2v) is 7.81. The molecule has 0 saturated carbocycles. The van der Waals surface area contributed by atoms with Gasteiger partial charge in [-0.2, -0.15) is 5.10 Å². The maximum Gasteiger partial charge on any atom is 0.329 e. The number of hydrogen-bond acceptors (Lipinski definition) is 5. The Labute approximate surface area is 198 Å². The number of carbonyl (C=O) groups is 3. The Morgan fingerprint density at radius 3 is 2.24 bits per heavy atom. The topological polar surface area (TPSA) is 109 Å². The first kappa shape index (κ1) is 24.2. The summed E-state index contributed by atoms with van der Waals surface area (Å²) in [5.41, 5.74) is 7.12. The third-order valence-corrected chi connectivity index (χ3v) is 4.60. The Kier molecular flexibility index (Phi) is 8.12. The van der Waals surface area contributed by atoms with E-state index in [2.05, 4.69) is 21.2 Å². The van der Waals surface area contributed by atoms with E-state index >= 15 is 0 Å². The number of benzene rings is 3. The minimum atomic E-state index is -0.895. The van der Waals surface area contributed by atoms with Gasteiger partial charge in [0.2, 0.25) is 0 Å². The molecule has 0 aliphatic heterocycles. The molecule has 0 radical (unpaired) electrons. The van der Waals surface area contributed by atoms with Gasteiger partial charge in [-0.25, -0.2) is 5.43 Å². The van der Waals surface area contributed by atoms with Gasteiger partial charge in [0.25, 0.3) is 5.91 Å². The van der Waals surface area contributed by atoms with Gasteiger partial charge in [-0.15, -0.1) is 0 Å². The lowest BCUT2D eigenvalue weighted by Crippen LogP contribution is -2.32. The van der Waals surface area contributed by atoms with Gasteiger partial charge >= 0.3 is 11.8 Å². The molecule has 0 aliphatic rings. The van der Waals surface area contributed by atoms with Crippen LogP contribution in [0.25, 0.3) is 0 Å². The number of aryl methyl sites for hydroxylation is 3. The minimum Gasteiger partial charge on any atom is -0.484 e. The van der Waals surface area contributed by atoms with Gasteiger partial charge in [0, 0.05) is 11.4 Å². The van der Waals surface area contributed by atoms with Gasteiger partial charge in [0.15, 0.2) is 6.61 Å². The fourth-order valence-corrected chi connectivity index (χ4v) is 3.20. The van der Waals surface area contributed by atoms with Crippen molar-refractivity contribution in [2.24, 2.45) is 5.10 Å². The number of ether oxygens (including phenoxy) is 1. The van der Waals surface area contributed by atoms with E-state index in [-0.39, 0.29) is 12.5 Å². The Morgan fingerprint density at radius 1 is 0.794 bits per heavy atom. The molecule has 3 aromatic carbocycles. The first-order chi connectivity index (χ1) is 16.3. The Morgan fingerprint density at radius 2 is 1.50 bits per heavy atom. The van der Waals surface area contributed by atoms with Crippen molar-refractivity contribution in [2.45, 2.75) is 20.8 Å². The SMILES string of the molecule is Cc1cc(C)cc(NC(=O)COc2cccc(C=NNC(=O)C(=O)Nc3cccc(C)c3)c2)c1. The molecule has 0 aliphatic carbocycles. The van der Waals surface area contributed by atoms with Crippen LogP contribution in [0.5, 0.6) is 5.75 Å². The van der Waals surface area contributed by atoms with Crippen molar-refractivity contribution >= 4 is 35.3 Å². The Balaban J connectivity index is 1.49. The molecule has 0 fully saturated rings. The van der Waals surface area contributed by atoms with Crippen LogP contribution in [0.15, 0.2) is 71.8 Å². The summed E-state index contributed by atoms with van der Waals surface area (Å²) >= 11 is 0. The van der Waals surface area contributed by atoms with E-state index in [0.29, 0.717) is 22.7 Å². The van der Waals surface area contributed by atoms with E-state index in [9.17, 15) is 14.4 Å². The molecule has 3 amide bonds. The lowest BCUT2D eigenvalue weighted by molar-refractivity contribution is -0.136. The predicted molar refractivity (Wildman–Crippen MR) is 132 cm³/mol. The first-order valence-corrected chi connectivity index (χ1v) is 10.6. The molecule has 3 N–H and O–H groups in total. The zero-order valence-electron chi connectivity index (χ0n) is 19.2. The molecule has 0 unspecified atom stereocenters. The summed E-state index contributed by atoms with van der Waals surface area (Å²) in [4.78, 5) is 36.1. The second-order valence-electron chi connectivity index (χ2n) is 7.81. The summed E-state index contributed by atoms with van der Waals surface area (Å²) in [5, 5.41) is 9.13. The van der Waals surface area contributed by atoms with Gasteiger partial charge in [-0.1, -0.05) is 30.3 Å². The van der Waals surface area contributed by atoms with Crippen molar-refractivity contribution in [2.75, 3.05) is 17.2 Å². The van der Waals surface area contributed by atoms with Crippen molar-refractivity contribution < 1.29 is 19.1 Å². The standard InChI is InChI=1S/C26H26N4O4/c1-17-6-4-8-21(11-17)29-25(32)26(33)30-27-15-20-7-5-9-23(14-20)34-16-24(31)28-22-12-18(2)10-19(3)13-22/h4-15H,16H2,1-3H3,(H,28,31)(H,29,32)(H,30,33). The third-order valence-electron chi connectivity index (χ3n) is 4.60. The average molecular weight is 459 g/mol. The van der Waals surface area contributed by atoms with E-state index in [0.717, 1.165) is 16.7 Å². The van der Waals surface area contributed by atoms with Crippen molar-refractivity contribution in [1.82, 2.24) is 5.43 Å². The monoisotopic (exact) mass is 458 g/mol. The lowest BCUT2D eigenvalue weighted by atomic mass is 10.1. The van der Waals surface area contributed by atoms with Crippen LogP contribution >= 0.6 is 0 Å². The molecule has 0 atom stereocenters. The van der Waals surface area contributed by atoms with Crippen LogP contribution in [-0.2, 0) is 14.4 Å². The quantitative estimate of drug-likeness (QED) is 0.285. The molecule has 8 heteroatoms. The molecule has 0 bridgehead atoms. The summed E-state index contributed by atoms with van der Waals surface area (Å²) in [6.07, 6.45) is 1.38. The number of hydrogen-bond donors (Lipinski definition) is 3. The van der Waals surface area contributed by atoms with Crippen molar-refractivity contribution in [1.29, 1.82) is 0 Å². The zero-order chi connectivity index (χ0) is 24.5. The maximum atomic E-state index is 12.2. The van der Waals surface area contributed by atoms with Gasteiger partial charge < -0.3 is 15.4 Å². The number of rotatable bonds is 7. The molecular formula is C26H26N4O4. The molecule has 8 nitrogen and oxygen atoms in total. The van der Waals surface area contributed by atoms with Crippen LogP contribution < -0.4 is 20.8 Å². The maximum absolute atomic E-state index is 12.2. The molecule has 174 valence electrons. The highest BCUT2D eigenvalue weighted by Gasteiger charge is 2.12. The number of carbonyl (C=O) groups excluding carboxylic acids is 3. The van der Waals surface area contributed by atoms with Crippen molar-refractivity contribution in [3.63, 3.8) is 0 Å². The van der Waals surface area contributed by atoms with Gasteiger partial charge in [-0.3, -0.25) is 14.4 Å². The first-order valence-electron chi connectivity index (χ1n) is 10.6. The second kappa shape index (κ2) is 11.4. The Hall–Kier alpha value is -4.46. The largest absolute Gasteiger partial charge is 0.484 e. The van der Waals surface area contributed by atoms with E-state index in [4.69, 9.17) is 4.74 Å². The Bertz CT molecular complexity index is 1220. The zero-order valence-corrected chi connectivity index (χ0v) is 19.2. The van der Waals surface area contributed by atoms with Crippen LogP contribution in [0.4, 0.5) is 11.4 Å². The fourth-order valence-electron chi connectivity index (χ4n) is 3.20. The molecule has 0 aromatic heterocycles. The normalized spacial score (nSPS) is 10.6. The van der Waals surface area contributed by atoms with Crippen LogP contribution in [0.2, 0.25) is 0 Å². The van der Waals surface area contributed by atoms with E-state index in [1.165, 1.54) is 6.21 Å². The van der Waals surface area contributed by atoms with Crippen LogP contribution in [0.3, 0.4) is 0 Å². The van der Waals surface area contributed by atoms with Crippen molar-refractivity contribution in [3.8, 4) is 5.75 Å². The molecule has 34 heavy (non-hydrogen) atoms. The average Bonchev–Trinajstić information content (AvgIpc) is 2.77. The molecule has 3 aromatic rings. The van der Waals surface area contributed by atoms with Gasteiger partial charge in [0.05, 0.1) is 6.21 Å². The third kappa shape index (κ3) is 7.59. The van der Waals surface area contributed by atoms with Gasteiger partial charge in [0.1, 0.15) is 5.75 Å². The molecule has 0 spiro atoms. The molecular weight excluding hydrogens is 432 g/mol. The fraction of sp³-hybridized carbons (Fsp3) is 0.154. The van der Waals surface area contributed by atoms with E-state index in [1.54, 1.807) is 42.5 Å². The van der Waals surface area contributed by atoms with Gasteiger partial charge in [-0.05, 0) is 79.4 Å². The number of nitrogens with one attached hydrogen (secondary N) is 3. The van der Waals surface area contributed by atoms with E-state index in [1.807, 2.05) is 45.0 Å². The number of nitrogens with zero attached hydrogens (tertiary/aromatic N) is 1. The van der Waals surface area contributed by atoms with Crippen LogP contribution in [0, 0.1) is 20.8 Å². The van der Waals surface area contributed by atoms with Crippen molar-refractivity contribution in [3.05, 3.63) is 89.0 Å². The highest BCUT2D eigenvalue weighted by Crippen LogP contribution is 2.15. The number of amides is 3. The lowest BCUT2D eigenvalue weighted by Gasteiger charge is -2.09. The van der Waals surface area contributed by atoms with Crippen LogP contribution in [-0.4, -0.2) is 30.5 Å². The van der Waals surface area contributed by atoms with Crippen LogP contribution in [0.1, 0.15) is 22.3 Å².